The van der Waals surface area contributed by atoms with Gasteiger partial charge in [0.25, 0.3) is 0 Å². The molecular formula is C19H24N2O. The summed E-state index contributed by atoms with van der Waals surface area (Å²) in [6, 6.07) is 17.3. The molecule has 116 valence electrons. The number of nitrogens with two attached hydrogens (primary N) is 1. The molecule has 1 atom stereocenters. The number of nitrogens with one attached hydrogen (secondary N) is 1. The Labute approximate surface area is 132 Å². The number of rotatable bonds is 7. The molecule has 3 nitrogen and oxygen atoms in total. The fourth-order valence-electron chi connectivity index (χ4n) is 2.33. The highest BCUT2D eigenvalue weighted by molar-refractivity contribution is 5.94. The highest BCUT2D eigenvalue weighted by Gasteiger charge is 2.14. The zero-order chi connectivity index (χ0) is 15.8. The van der Waals surface area contributed by atoms with Crippen molar-refractivity contribution in [1.82, 2.24) is 0 Å². The predicted octanol–water partition coefficient (Wildman–Crippen LogP) is 3.54. The first-order chi connectivity index (χ1) is 10.7. The number of carbonyl (C=O) groups is 1. The van der Waals surface area contributed by atoms with E-state index in [0.29, 0.717) is 6.42 Å². The zero-order valence-electron chi connectivity index (χ0n) is 13.1. The lowest BCUT2D eigenvalue weighted by Crippen LogP contribution is -2.37. The third-order valence-corrected chi connectivity index (χ3v) is 3.68. The van der Waals surface area contributed by atoms with Crippen LogP contribution >= 0.6 is 0 Å². The summed E-state index contributed by atoms with van der Waals surface area (Å²) in [6.07, 6.45) is 4.00. The molecule has 0 aliphatic rings. The smallest absolute Gasteiger partial charge is 0.241 e. The van der Waals surface area contributed by atoms with Crippen LogP contribution in [0.25, 0.3) is 0 Å². The Morgan fingerprint density at radius 1 is 1.05 bits per heavy atom. The number of anilines is 1. The van der Waals surface area contributed by atoms with Crippen LogP contribution in [0.1, 0.15) is 30.9 Å². The highest BCUT2D eigenvalue weighted by Crippen LogP contribution is 2.12. The van der Waals surface area contributed by atoms with Gasteiger partial charge in [-0.2, -0.15) is 0 Å². The van der Waals surface area contributed by atoms with Crippen molar-refractivity contribution in [3.8, 4) is 0 Å². The van der Waals surface area contributed by atoms with E-state index in [9.17, 15) is 4.79 Å². The summed E-state index contributed by atoms with van der Waals surface area (Å²) < 4.78 is 0. The molecule has 1 amide bonds. The molecule has 0 saturated carbocycles. The van der Waals surface area contributed by atoms with Crippen molar-refractivity contribution in [3.05, 3.63) is 65.7 Å². The van der Waals surface area contributed by atoms with E-state index in [1.54, 1.807) is 0 Å². The summed E-state index contributed by atoms with van der Waals surface area (Å²) in [5.74, 6) is -0.148. The topological polar surface area (TPSA) is 55.1 Å². The summed E-state index contributed by atoms with van der Waals surface area (Å²) >= 11 is 0. The maximum absolute atomic E-state index is 12.1. The van der Waals surface area contributed by atoms with Gasteiger partial charge in [-0.25, -0.2) is 0 Å². The van der Waals surface area contributed by atoms with Gasteiger partial charge in [0, 0.05) is 5.69 Å². The van der Waals surface area contributed by atoms with Gasteiger partial charge in [0.2, 0.25) is 5.91 Å². The SMILES string of the molecule is CCCCc1ccc(NC(=O)C(N)Cc2ccccc2)cc1. The minimum Gasteiger partial charge on any atom is -0.325 e. The molecule has 2 rings (SSSR count). The second kappa shape index (κ2) is 8.35. The third kappa shape index (κ3) is 5.01. The second-order valence-corrected chi connectivity index (χ2v) is 5.59. The molecule has 0 aliphatic heterocycles. The summed E-state index contributed by atoms with van der Waals surface area (Å²) in [5.41, 5.74) is 9.15. The van der Waals surface area contributed by atoms with Gasteiger partial charge in [0.1, 0.15) is 0 Å². The Bertz CT molecular complexity index is 578. The number of benzene rings is 2. The number of amides is 1. The van der Waals surface area contributed by atoms with Crippen molar-refractivity contribution < 1.29 is 4.79 Å². The number of hydrogen-bond acceptors (Lipinski definition) is 2. The van der Waals surface area contributed by atoms with Crippen molar-refractivity contribution in [2.75, 3.05) is 5.32 Å². The molecule has 0 fully saturated rings. The molecule has 2 aromatic carbocycles. The van der Waals surface area contributed by atoms with Crippen LogP contribution in [0.4, 0.5) is 5.69 Å². The fraction of sp³-hybridized carbons (Fsp3) is 0.316. The Hall–Kier alpha value is -2.13. The first-order valence-corrected chi connectivity index (χ1v) is 7.88. The lowest BCUT2D eigenvalue weighted by molar-refractivity contribution is -0.117. The van der Waals surface area contributed by atoms with E-state index in [2.05, 4.69) is 24.4 Å². The minimum atomic E-state index is -0.540. The second-order valence-electron chi connectivity index (χ2n) is 5.59. The molecule has 22 heavy (non-hydrogen) atoms. The normalized spacial score (nSPS) is 11.9. The first kappa shape index (κ1) is 16.2. The van der Waals surface area contributed by atoms with Crippen molar-refractivity contribution in [3.63, 3.8) is 0 Å². The Balaban J connectivity index is 1.88. The molecule has 0 heterocycles. The van der Waals surface area contributed by atoms with Crippen LogP contribution in [0.15, 0.2) is 54.6 Å². The van der Waals surface area contributed by atoms with E-state index in [1.807, 2.05) is 42.5 Å². The van der Waals surface area contributed by atoms with Gasteiger partial charge in [-0.05, 0) is 42.5 Å². The van der Waals surface area contributed by atoms with Gasteiger partial charge in [-0.3, -0.25) is 4.79 Å². The van der Waals surface area contributed by atoms with Gasteiger partial charge in [0.05, 0.1) is 6.04 Å². The number of unbranched alkanes of at least 4 members (excludes halogenated alkanes) is 1. The Kier molecular flexibility index (Phi) is 6.16. The minimum absolute atomic E-state index is 0.148. The molecule has 0 bridgehead atoms. The standard InChI is InChI=1S/C19H24N2O/c1-2-3-7-15-10-12-17(13-11-15)21-19(22)18(20)14-16-8-5-4-6-9-16/h4-6,8-13,18H,2-3,7,14,20H2,1H3,(H,21,22). The predicted molar refractivity (Wildman–Crippen MR) is 91.8 cm³/mol. The van der Waals surface area contributed by atoms with Gasteiger partial charge >= 0.3 is 0 Å². The fourth-order valence-corrected chi connectivity index (χ4v) is 2.33. The first-order valence-electron chi connectivity index (χ1n) is 7.88. The van der Waals surface area contributed by atoms with E-state index >= 15 is 0 Å². The third-order valence-electron chi connectivity index (χ3n) is 3.68. The molecule has 2 aromatic rings. The van der Waals surface area contributed by atoms with E-state index < -0.39 is 6.04 Å². The van der Waals surface area contributed by atoms with Crippen LogP contribution < -0.4 is 11.1 Å². The van der Waals surface area contributed by atoms with E-state index in [4.69, 9.17) is 5.73 Å². The molecule has 0 aliphatic carbocycles. The van der Waals surface area contributed by atoms with Gasteiger partial charge in [0.15, 0.2) is 0 Å². The summed E-state index contributed by atoms with van der Waals surface area (Å²) in [7, 11) is 0. The Morgan fingerprint density at radius 2 is 1.73 bits per heavy atom. The Morgan fingerprint density at radius 3 is 2.36 bits per heavy atom. The lowest BCUT2D eigenvalue weighted by atomic mass is 10.1. The monoisotopic (exact) mass is 296 g/mol. The van der Waals surface area contributed by atoms with Crippen molar-refractivity contribution in [1.29, 1.82) is 0 Å². The molecule has 0 aromatic heterocycles. The van der Waals surface area contributed by atoms with Gasteiger partial charge in [-0.1, -0.05) is 55.8 Å². The zero-order valence-corrected chi connectivity index (χ0v) is 13.1. The molecule has 1 unspecified atom stereocenters. The maximum atomic E-state index is 12.1. The lowest BCUT2D eigenvalue weighted by Gasteiger charge is -2.12. The average Bonchev–Trinajstić information content (AvgIpc) is 2.55. The van der Waals surface area contributed by atoms with Crippen LogP contribution in [0.2, 0.25) is 0 Å². The molecular weight excluding hydrogens is 272 g/mol. The van der Waals surface area contributed by atoms with Crippen molar-refractivity contribution in [2.24, 2.45) is 5.73 Å². The van der Waals surface area contributed by atoms with Crippen LogP contribution in [-0.4, -0.2) is 11.9 Å². The van der Waals surface area contributed by atoms with E-state index in [-0.39, 0.29) is 5.91 Å². The molecule has 0 saturated heterocycles. The summed E-state index contributed by atoms with van der Waals surface area (Å²) in [4.78, 5) is 12.1. The average molecular weight is 296 g/mol. The largest absolute Gasteiger partial charge is 0.325 e. The molecule has 0 spiro atoms. The molecule has 3 heteroatoms. The molecule has 0 radical (unpaired) electrons. The maximum Gasteiger partial charge on any atom is 0.241 e. The van der Waals surface area contributed by atoms with Crippen LogP contribution in [0.5, 0.6) is 0 Å². The van der Waals surface area contributed by atoms with Crippen molar-refractivity contribution >= 4 is 11.6 Å². The number of aryl methyl sites for hydroxylation is 1. The quantitative estimate of drug-likeness (QED) is 0.821. The number of hydrogen-bond donors (Lipinski definition) is 2. The molecule has 3 N–H and O–H groups in total. The van der Waals surface area contributed by atoms with Crippen LogP contribution in [0, 0.1) is 0 Å². The van der Waals surface area contributed by atoms with Crippen molar-refractivity contribution in [2.45, 2.75) is 38.6 Å². The number of carbonyl (C=O) groups excluding carboxylic acids is 1. The highest BCUT2D eigenvalue weighted by atomic mass is 16.2. The van der Waals surface area contributed by atoms with Gasteiger partial charge in [-0.15, -0.1) is 0 Å². The summed E-state index contributed by atoms with van der Waals surface area (Å²) in [5, 5.41) is 2.88. The van der Waals surface area contributed by atoms with Crippen LogP contribution in [-0.2, 0) is 17.6 Å². The van der Waals surface area contributed by atoms with Gasteiger partial charge < -0.3 is 11.1 Å². The van der Waals surface area contributed by atoms with E-state index in [1.165, 1.54) is 18.4 Å². The summed E-state index contributed by atoms with van der Waals surface area (Å²) in [6.45, 7) is 2.18. The van der Waals surface area contributed by atoms with Crippen LogP contribution in [0.3, 0.4) is 0 Å². The van der Waals surface area contributed by atoms with E-state index in [0.717, 1.165) is 17.7 Å².